The summed E-state index contributed by atoms with van der Waals surface area (Å²) >= 11 is 0. The summed E-state index contributed by atoms with van der Waals surface area (Å²) in [6.07, 6.45) is 10.2. The predicted octanol–water partition coefficient (Wildman–Crippen LogP) is 1.03. The number of likely N-dealkylation sites (tertiary alicyclic amines) is 2. The summed E-state index contributed by atoms with van der Waals surface area (Å²) in [5.41, 5.74) is 0.440. The molecule has 9 heteroatoms. The monoisotopic (exact) mass is 486 g/mol. The van der Waals surface area contributed by atoms with Gasteiger partial charge in [-0.3, -0.25) is 19.2 Å². The van der Waals surface area contributed by atoms with Gasteiger partial charge in [-0.1, -0.05) is 30.9 Å². The van der Waals surface area contributed by atoms with Gasteiger partial charge >= 0.3 is 0 Å². The second-order valence-electron chi connectivity index (χ2n) is 9.92. The molecule has 9 nitrogen and oxygen atoms in total. The van der Waals surface area contributed by atoms with Crippen LogP contribution in [0.4, 0.5) is 0 Å². The highest BCUT2D eigenvalue weighted by molar-refractivity contribution is 5.90. The van der Waals surface area contributed by atoms with Crippen LogP contribution in [0.25, 0.3) is 0 Å². The zero-order chi connectivity index (χ0) is 25.6. The summed E-state index contributed by atoms with van der Waals surface area (Å²) in [6, 6.07) is -0.899. The third-order valence-corrected chi connectivity index (χ3v) is 7.29. The van der Waals surface area contributed by atoms with E-state index in [1.807, 2.05) is 19.1 Å². The number of nitrogens with zero attached hydrogens (tertiary/aromatic N) is 2. The standard InChI is InChI=1S/C26H38N4O5/c1-5-7-8-19(6-2)13-35-18(3)23(25(34)27-4)28-24(33)21-12-29(17-31)14-26(21)15-30(16-26)22(32)11-20-9-10-20/h5-8,17-18,20-21,23H,1,9-16H2,2-4H3,(H,27,34)(H,28,33)/b8-7-,19-6+/t18-,21?,23?/m1/s1. The normalized spacial score (nSPS) is 23.1. The molecule has 3 rings (SSSR count). The zero-order valence-corrected chi connectivity index (χ0v) is 21.0. The van der Waals surface area contributed by atoms with Gasteiger partial charge in [-0.15, -0.1) is 0 Å². The Morgan fingerprint density at radius 3 is 2.51 bits per heavy atom. The maximum Gasteiger partial charge on any atom is 0.245 e. The van der Waals surface area contributed by atoms with Gasteiger partial charge in [-0.05, 0) is 38.2 Å². The molecule has 1 saturated carbocycles. The van der Waals surface area contributed by atoms with Crippen LogP contribution in [0.5, 0.6) is 0 Å². The molecule has 2 heterocycles. The molecule has 0 radical (unpaired) electrons. The maximum absolute atomic E-state index is 13.4. The number of rotatable bonds is 12. The van der Waals surface area contributed by atoms with E-state index in [4.69, 9.17) is 4.74 Å². The Morgan fingerprint density at radius 2 is 1.94 bits per heavy atom. The molecule has 0 aromatic rings. The third-order valence-electron chi connectivity index (χ3n) is 7.29. The molecule has 192 valence electrons. The van der Waals surface area contributed by atoms with Crippen LogP contribution in [-0.4, -0.2) is 85.9 Å². The van der Waals surface area contributed by atoms with Crippen molar-refractivity contribution in [2.75, 3.05) is 39.8 Å². The minimum Gasteiger partial charge on any atom is -0.371 e. The number of likely N-dealkylation sites (N-methyl/N-ethyl adjacent to an activating group) is 1. The van der Waals surface area contributed by atoms with E-state index in [1.54, 1.807) is 28.9 Å². The first kappa shape index (κ1) is 26.7. The van der Waals surface area contributed by atoms with E-state index in [2.05, 4.69) is 17.2 Å². The number of carbonyl (C=O) groups excluding carboxylic acids is 4. The van der Waals surface area contributed by atoms with E-state index in [1.165, 1.54) is 7.05 Å². The first-order chi connectivity index (χ1) is 16.8. The van der Waals surface area contributed by atoms with Crippen LogP contribution in [0.15, 0.2) is 36.5 Å². The molecule has 0 bridgehead atoms. The number of hydrogen-bond donors (Lipinski definition) is 2. The first-order valence-corrected chi connectivity index (χ1v) is 12.3. The lowest BCUT2D eigenvalue weighted by Gasteiger charge is -2.50. The Labute approximate surface area is 207 Å². The first-order valence-electron chi connectivity index (χ1n) is 12.3. The van der Waals surface area contributed by atoms with Gasteiger partial charge in [0.15, 0.2) is 0 Å². The quantitative estimate of drug-likeness (QED) is 0.316. The largest absolute Gasteiger partial charge is 0.371 e. The Hall–Kier alpha value is -2.94. The number of allylic oxidation sites excluding steroid dienone is 3. The highest BCUT2D eigenvalue weighted by Gasteiger charge is 2.58. The minimum atomic E-state index is -0.899. The van der Waals surface area contributed by atoms with Gasteiger partial charge in [-0.25, -0.2) is 0 Å². The average Bonchev–Trinajstić information content (AvgIpc) is 3.55. The number of carbonyl (C=O) groups is 4. The molecule has 2 N–H and O–H groups in total. The van der Waals surface area contributed by atoms with Crippen molar-refractivity contribution in [1.29, 1.82) is 0 Å². The molecule has 0 aromatic heterocycles. The Bertz CT molecular complexity index is 888. The SMILES string of the molecule is C=C/C=C\C(=C/C)CO[C@H](C)C(NC(=O)C1CN(C=O)CC12CN(C(=O)CC1CC1)C2)C(=O)NC. The fourth-order valence-corrected chi connectivity index (χ4v) is 4.91. The zero-order valence-electron chi connectivity index (χ0n) is 21.0. The Balaban J connectivity index is 1.65. The summed E-state index contributed by atoms with van der Waals surface area (Å²) in [6.45, 7) is 9.18. The van der Waals surface area contributed by atoms with Crippen LogP contribution in [-0.2, 0) is 23.9 Å². The van der Waals surface area contributed by atoms with Crippen molar-refractivity contribution in [3.8, 4) is 0 Å². The van der Waals surface area contributed by atoms with Crippen molar-refractivity contribution in [3.05, 3.63) is 36.5 Å². The summed E-state index contributed by atoms with van der Waals surface area (Å²) < 4.78 is 5.92. The summed E-state index contributed by atoms with van der Waals surface area (Å²) in [5, 5.41) is 5.47. The molecule has 4 amide bonds. The van der Waals surface area contributed by atoms with Gasteiger partial charge < -0.3 is 25.2 Å². The lowest BCUT2D eigenvalue weighted by atomic mass is 9.71. The van der Waals surface area contributed by atoms with E-state index < -0.39 is 23.5 Å². The molecular formula is C26H38N4O5. The summed E-state index contributed by atoms with van der Waals surface area (Å²) in [7, 11) is 1.51. The highest BCUT2D eigenvalue weighted by Crippen LogP contribution is 2.45. The number of ether oxygens (including phenoxy) is 1. The molecule has 3 aliphatic rings. The number of amides is 4. The number of nitrogens with one attached hydrogen (secondary N) is 2. The molecule has 3 fully saturated rings. The van der Waals surface area contributed by atoms with Crippen LogP contribution in [0.3, 0.4) is 0 Å². The third kappa shape index (κ3) is 6.39. The lowest BCUT2D eigenvalue weighted by molar-refractivity contribution is -0.151. The fraction of sp³-hybridized carbons (Fsp3) is 0.615. The molecule has 35 heavy (non-hydrogen) atoms. The van der Waals surface area contributed by atoms with Gasteiger partial charge in [0.05, 0.1) is 18.6 Å². The molecule has 2 unspecified atom stereocenters. The number of hydrogen-bond acceptors (Lipinski definition) is 5. The van der Waals surface area contributed by atoms with Crippen LogP contribution < -0.4 is 10.6 Å². The second kappa shape index (κ2) is 11.7. The molecule has 1 spiro atoms. The lowest BCUT2D eigenvalue weighted by Crippen LogP contribution is -2.65. The van der Waals surface area contributed by atoms with E-state index in [9.17, 15) is 19.2 Å². The van der Waals surface area contributed by atoms with Crippen LogP contribution >= 0.6 is 0 Å². The van der Waals surface area contributed by atoms with Crippen LogP contribution in [0, 0.1) is 17.3 Å². The smallest absolute Gasteiger partial charge is 0.245 e. The molecule has 3 atom stereocenters. The van der Waals surface area contributed by atoms with Crippen molar-refractivity contribution in [1.82, 2.24) is 20.4 Å². The Kier molecular flexibility index (Phi) is 8.88. The fourth-order valence-electron chi connectivity index (χ4n) is 4.91. The molecular weight excluding hydrogens is 448 g/mol. The van der Waals surface area contributed by atoms with E-state index >= 15 is 0 Å². The molecule has 1 aliphatic carbocycles. The average molecular weight is 487 g/mol. The van der Waals surface area contributed by atoms with E-state index in [0.29, 0.717) is 32.0 Å². The maximum atomic E-state index is 13.4. The van der Waals surface area contributed by atoms with E-state index in [0.717, 1.165) is 24.8 Å². The highest BCUT2D eigenvalue weighted by atomic mass is 16.5. The van der Waals surface area contributed by atoms with Crippen molar-refractivity contribution >= 4 is 24.1 Å². The minimum absolute atomic E-state index is 0.123. The van der Waals surface area contributed by atoms with Gasteiger partial charge in [-0.2, -0.15) is 0 Å². The second-order valence-corrected chi connectivity index (χ2v) is 9.92. The van der Waals surface area contributed by atoms with Crippen LogP contribution in [0.1, 0.15) is 33.1 Å². The molecule has 2 aliphatic heterocycles. The van der Waals surface area contributed by atoms with Crippen molar-refractivity contribution < 1.29 is 23.9 Å². The summed E-state index contributed by atoms with van der Waals surface area (Å²) in [5.74, 6) is -0.538. The molecule has 0 aromatic carbocycles. The molecule has 2 saturated heterocycles. The topological polar surface area (TPSA) is 108 Å². The van der Waals surface area contributed by atoms with Gasteiger partial charge in [0.1, 0.15) is 6.04 Å². The van der Waals surface area contributed by atoms with Gasteiger partial charge in [0.2, 0.25) is 24.1 Å². The van der Waals surface area contributed by atoms with Crippen molar-refractivity contribution in [3.63, 3.8) is 0 Å². The Morgan fingerprint density at radius 1 is 1.23 bits per heavy atom. The van der Waals surface area contributed by atoms with Crippen molar-refractivity contribution in [2.45, 2.75) is 45.3 Å². The van der Waals surface area contributed by atoms with Gasteiger partial charge in [0, 0.05) is 45.1 Å². The van der Waals surface area contributed by atoms with Gasteiger partial charge in [0.25, 0.3) is 0 Å². The predicted molar refractivity (Wildman–Crippen MR) is 132 cm³/mol. The summed E-state index contributed by atoms with van der Waals surface area (Å²) in [4.78, 5) is 53.5. The van der Waals surface area contributed by atoms with Crippen molar-refractivity contribution in [2.24, 2.45) is 17.3 Å². The van der Waals surface area contributed by atoms with E-state index in [-0.39, 0.29) is 30.9 Å². The van der Waals surface area contributed by atoms with Crippen LogP contribution in [0.2, 0.25) is 0 Å².